The predicted molar refractivity (Wildman–Crippen MR) is 120 cm³/mol. The Morgan fingerprint density at radius 1 is 0.933 bits per heavy atom. The van der Waals surface area contributed by atoms with E-state index in [0.29, 0.717) is 6.54 Å². The van der Waals surface area contributed by atoms with Crippen molar-refractivity contribution in [2.75, 3.05) is 16.8 Å². The number of aryl methyl sites for hydroxylation is 2. The summed E-state index contributed by atoms with van der Waals surface area (Å²) in [5.74, 6) is -0.137. The van der Waals surface area contributed by atoms with Crippen LogP contribution in [0.5, 0.6) is 0 Å². The number of para-hydroxylation sites is 1. The van der Waals surface area contributed by atoms with E-state index in [4.69, 9.17) is 0 Å². The summed E-state index contributed by atoms with van der Waals surface area (Å²) in [6.45, 7) is 4.53. The van der Waals surface area contributed by atoms with Gasteiger partial charge < -0.3 is 15.5 Å². The molecule has 0 aliphatic carbocycles. The summed E-state index contributed by atoms with van der Waals surface area (Å²) < 4.78 is 0. The second-order valence-corrected chi connectivity index (χ2v) is 7.63. The molecule has 2 N–H and O–H groups in total. The highest BCUT2D eigenvalue weighted by molar-refractivity contribution is 6.02. The van der Waals surface area contributed by atoms with Crippen LogP contribution in [0.25, 0.3) is 0 Å². The van der Waals surface area contributed by atoms with Gasteiger partial charge in [-0.05, 0) is 54.7 Å². The van der Waals surface area contributed by atoms with Crippen LogP contribution in [0.1, 0.15) is 28.3 Å². The van der Waals surface area contributed by atoms with Crippen LogP contribution in [-0.4, -0.2) is 18.5 Å². The third-order valence-electron chi connectivity index (χ3n) is 5.45. The first-order chi connectivity index (χ1) is 14.5. The zero-order valence-corrected chi connectivity index (χ0v) is 17.2. The van der Waals surface area contributed by atoms with Gasteiger partial charge >= 0.3 is 6.03 Å². The van der Waals surface area contributed by atoms with Gasteiger partial charge in [-0.1, -0.05) is 60.7 Å². The largest absolute Gasteiger partial charge is 0.322 e. The van der Waals surface area contributed by atoms with Gasteiger partial charge in [-0.2, -0.15) is 0 Å². The Morgan fingerprint density at radius 2 is 1.67 bits per heavy atom. The molecule has 0 saturated heterocycles. The van der Waals surface area contributed by atoms with Crippen LogP contribution in [0.2, 0.25) is 0 Å². The Balaban J connectivity index is 1.59. The fourth-order valence-corrected chi connectivity index (χ4v) is 3.82. The summed E-state index contributed by atoms with van der Waals surface area (Å²) in [7, 11) is 0. The number of carbonyl (C=O) groups excluding carboxylic acids is 2. The molecule has 0 saturated carbocycles. The number of carbonyl (C=O) groups is 2. The summed E-state index contributed by atoms with van der Waals surface area (Å²) in [5, 5.41) is 5.79. The molecule has 3 aromatic rings. The first kappa shape index (κ1) is 19.7. The second-order valence-electron chi connectivity index (χ2n) is 7.63. The lowest BCUT2D eigenvalue weighted by atomic mass is 10.1. The van der Waals surface area contributed by atoms with Crippen LogP contribution < -0.4 is 15.5 Å². The quantitative estimate of drug-likeness (QED) is 0.665. The van der Waals surface area contributed by atoms with Crippen molar-refractivity contribution in [1.82, 2.24) is 5.32 Å². The highest BCUT2D eigenvalue weighted by Crippen LogP contribution is 2.30. The number of hydrogen-bond acceptors (Lipinski definition) is 2. The highest BCUT2D eigenvalue weighted by Gasteiger charge is 2.32. The van der Waals surface area contributed by atoms with Crippen LogP contribution in [0.15, 0.2) is 72.8 Å². The summed E-state index contributed by atoms with van der Waals surface area (Å²) in [4.78, 5) is 28.1. The summed E-state index contributed by atoms with van der Waals surface area (Å²) in [5.41, 5.74) is 5.58. The zero-order chi connectivity index (χ0) is 21.1. The predicted octanol–water partition coefficient (Wildman–Crippen LogP) is 4.76. The summed E-state index contributed by atoms with van der Waals surface area (Å²) in [6, 6.07) is 22.0. The Hall–Kier alpha value is -3.60. The van der Waals surface area contributed by atoms with E-state index < -0.39 is 12.1 Å². The molecule has 3 aromatic carbocycles. The molecule has 1 aliphatic rings. The molecule has 1 aliphatic heterocycles. The maximum Gasteiger partial charge on any atom is 0.320 e. The number of amides is 3. The molecule has 1 atom stereocenters. The molecular formula is C25H25N3O2. The van der Waals surface area contributed by atoms with Crippen LogP contribution in [0.4, 0.5) is 16.2 Å². The van der Waals surface area contributed by atoms with Gasteiger partial charge in [0.2, 0.25) is 0 Å². The average molecular weight is 399 g/mol. The monoisotopic (exact) mass is 399 g/mol. The Labute approximate surface area is 176 Å². The molecule has 30 heavy (non-hydrogen) atoms. The normalized spacial score (nSPS) is 13.5. The van der Waals surface area contributed by atoms with Crippen LogP contribution in [-0.2, 0) is 11.2 Å². The molecule has 5 nitrogen and oxygen atoms in total. The second kappa shape index (κ2) is 8.41. The van der Waals surface area contributed by atoms with Crippen molar-refractivity contribution < 1.29 is 9.59 Å². The fourth-order valence-electron chi connectivity index (χ4n) is 3.82. The number of nitrogens with zero attached hydrogens (tertiary/aromatic N) is 1. The van der Waals surface area contributed by atoms with Crippen molar-refractivity contribution in [3.8, 4) is 0 Å². The molecule has 4 rings (SSSR count). The Morgan fingerprint density at radius 3 is 2.47 bits per heavy atom. The van der Waals surface area contributed by atoms with E-state index in [9.17, 15) is 9.59 Å². The van der Waals surface area contributed by atoms with Gasteiger partial charge in [0.05, 0.1) is 0 Å². The van der Waals surface area contributed by atoms with Gasteiger partial charge in [-0.15, -0.1) is 0 Å². The number of hydrogen-bond donors (Lipinski definition) is 2. The van der Waals surface area contributed by atoms with Gasteiger partial charge in [-0.25, -0.2) is 4.79 Å². The number of nitrogens with one attached hydrogen (secondary N) is 2. The molecule has 152 valence electrons. The molecule has 5 heteroatoms. The molecule has 0 fully saturated rings. The number of fused-ring (bicyclic) bond motifs is 1. The molecular weight excluding hydrogens is 374 g/mol. The minimum absolute atomic E-state index is 0.137. The lowest BCUT2D eigenvalue weighted by Crippen LogP contribution is -2.44. The first-order valence-corrected chi connectivity index (χ1v) is 10.1. The van der Waals surface area contributed by atoms with Gasteiger partial charge in [0.25, 0.3) is 5.91 Å². The Kier molecular flexibility index (Phi) is 5.53. The van der Waals surface area contributed by atoms with Crippen molar-refractivity contribution >= 4 is 23.3 Å². The van der Waals surface area contributed by atoms with Crippen molar-refractivity contribution in [2.45, 2.75) is 26.3 Å². The lowest BCUT2D eigenvalue weighted by Gasteiger charge is -2.25. The van der Waals surface area contributed by atoms with Crippen molar-refractivity contribution in [3.63, 3.8) is 0 Å². The van der Waals surface area contributed by atoms with E-state index in [1.807, 2.05) is 86.6 Å². The summed E-state index contributed by atoms with van der Waals surface area (Å²) >= 11 is 0. The Bertz CT molecular complexity index is 1080. The summed E-state index contributed by atoms with van der Waals surface area (Å²) in [6.07, 6.45) is 0.818. The van der Waals surface area contributed by atoms with Crippen molar-refractivity contribution in [2.24, 2.45) is 0 Å². The SMILES string of the molecule is Cc1ccc(C)c(NC(=O)NC(C(=O)N2CCc3ccccc32)c2ccccc2)c1. The minimum Gasteiger partial charge on any atom is -0.322 e. The number of anilines is 2. The zero-order valence-electron chi connectivity index (χ0n) is 17.2. The topological polar surface area (TPSA) is 61.4 Å². The van der Waals surface area contributed by atoms with E-state index in [1.165, 1.54) is 0 Å². The number of rotatable bonds is 4. The van der Waals surface area contributed by atoms with Gasteiger partial charge in [0, 0.05) is 17.9 Å². The van der Waals surface area contributed by atoms with E-state index >= 15 is 0 Å². The average Bonchev–Trinajstić information content (AvgIpc) is 3.19. The fraction of sp³-hybridized carbons (Fsp3) is 0.200. The van der Waals surface area contributed by atoms with Gasteiger partial charge in [0.15, 0.2) is 0 Å². The lowest BCUT2D eigenvalue weighted by molar-refractivity contribution is -0.120. The van der Waals surface area contributed by atoms with Crippen LogP contribution in [0.3, 0.4) is 0 Å². The molecule has 0 aromatic heterocycles. The van der Waals surface area contributed by atoms with E-state index in [0.717, 1.165) is 40.0 Å². The van der Waals surface area contributed by atoms with E-state index in [2.05, 4.69) is 10.6 Å². The van der Waals surface area contributed by atoms with E-state index in [-0.39, 0.29) is 5.91 Å². The third kappa shape index (κ3) is 4.06. The molecule has 0 spiro atoms. The van der Waals surface area contributed by atoms with Gasteiger partial charge in [0.1, 0.15) is 6.04 Å². The molecule has 0 radical (unpaired) electrons. The van der Waals surface area contributed by atoms with Crippen molar-refractivity contribution in [1.29, 1.82) is 0 Å². The molecule has 3 amide bonds. The van der Waals surface area contributed by atoms with Crippen molar-refractivity contribution in [3.05, 3.63) is 95.1 Å². The minimum atomic E-state index is -0.775. The molecule has 1 unspecified atom stereocenters. The van der Waals surface area contributed by atoms with Crippen LogP contribution >= 0.6 is 0 Å². The maximum atomic E-state index is 13.5. The smallest absolute Gasteiger partial charge is 0.320 e. The first-order valence-electron chi connectivity index (χ1n) is 10.1. The molecule has 1 heterocycles. The van der Waals surface area contributed by atoms with Crippen LogP contribution in [0, 0.1) is 13.8 Å². The molecule has 0 bridgehead atoms. The van der Waals surface area contributed by atoms with Gasteiger partial charge in [-0.3, -0.25) is 4.79 Å². The van der Waals surface area contributed by atoms with E-state index in [1.54, 1.807) is 4.90 Å². The third-order valence-corrected chi connectivity index (χ3v) is 5.45. The number of urea groups is 1. The number of benzene rings is 3. The standard InChI is InChI=1S/C25H25N3O2/c1-17-12-13-18(2)21(16-17)26-25(30)27-23(20-9-4-3-5-10-20)24(29)28-15-14-19-8-6-7-11-22(19)28/h3-13,16,23H,14-15H2,1-2H3,(H2,26,27,30). The maximum absolute atomic E-state index is 13.5. The highest BCUT2D eigenvalue weighted by atomic mass is 16.2.